The van der Waals surface area contributed by atoms with E-state index in [4.69, 9.17) is 4.74 Å². The topological polar surface area (TPSA) is 41.6 Å². The molecule has 0 spiro atoms. The van der Waals surface area contributed by atoms with Crippen molar-refractivity contribution in [2.45, 2.75) is 45.3 Å². The van der Waals surface area contributed by atoms with Gasteiger partial charge in [0, 0.05) is 12.6 Å². The second-order valence-corrected chi connectivity index (χ2v) is 5.93. The molecule has 1 saturated carbocycles. The summed E-state index contributed by atoms with van der Waals surface area (Å²) in [5.74, 6) is 0. The zero-order valence-electron chi connectivity index (χ0n) is 11.2. The molecule has 0 aromatic rings. The van der Waals surface area contributed by atoms with E-state index in [-0.39, 0.29) is 17.6 Å². The van der Waals surface area contributed by atoms with Gasteiger partial charge in [-0.3, -0.25) is 0 Å². The molecule has 2 atom stereocenters. The van der Waals surface area contributed by atoms with Gasteiger partial charge in [-0.2, -0.15) is 0 Å². The summed E-state index contributed by atoms with van der Waals surface area (Å²) < 4.78 is 18.6. The Bertz CT molecular complexity index is 309. The molecule has 5 heteroatoms. The maximum atomic E-state index is 13.7. The molecule has 1 N–H and O–H groups in total. The molecular formula is C13H23FN2O2. The first-order valence-electron chi connectivity index (χ1n) is 6.80. The van der Waals surface area contributed by atoms with Crippen molar-refractivity contribution in [2.24, 2.45) is 5.41 Å². The fraction of sp³-hybridized carbons (Fsp3) is 0.923. The van der Waals surface area contributed by atoms with E-state index in [2.05, 4.69) is 19.2 Å². The maximum Gasteiger partial charge on any atom is 0.409 e. The zero-order chi connectivity index (χ0) is 13.2. The number of halogens is 1. The summed E-state index contributed by atoms with van der Waals surface area (Å²) >= 11 is 0. The zero-order valence-corrected chi connectivity index (χ0v) is 11.2. The first-order valence-corrected chi connectivity index (χ1v) is 6.80. The smallest absolute Gasteiger partial charge is 0.409 e. The Morgan fingerprint density at radius 1 is 1.56 bits per heavy atom. The van der Waals surface area contributed by atoms with E-state index in [1.807, 2.05) is 0 Å². The van der Waals surface area contributed by atoms with Gasteiger partial charge in [0.25, 0.3) is 0 Å². The molecule has 2 aliphatic rings. The summed E-state index contributed by atoms with van der Waals surface area (Å²) in [6.45, 7) is 6.84. The van der Waals surface area contributed by atoms with Gasteiger partial charge < -0.3 is 15.0 Å². The summed E-state index contributed by atoms with van der Waals surface area (Å²) in [5.41, 5.74) is 0.0337. The highest BCUT2D eigenvalue weighted by Gasteiger charge is 2.41. The second-order valence-electron chi connectivity index (χ2n) is 5.93. The molecule has 0 bridgehead atoms. The molecule has 1 aliphatic heterocycles. The maximum absolute atomic E-state index is 13.7. The summed E-state index contributed by atoms with van der Waals surface area (Å²) in [7, 11) is 0. The van der Waals surface area contributed by atoms with Crippen molar-refractivity contribution in [1.82, 2.24) is 10.2 Å². The first-order chi connectivity index (χ1) is 8.50. The van der Waals surface area contributed by atoms with Crippen LogP contribution >= 0.6 is 0 Å². The van der Waals surface area contributed by atoms with E-state index in [1.165, 1.54) is 0 Å². The predicted octanol–water partition coefficient (Wildman–Crippen LogP) is 1.95. The Morgan fingerprint density at radius 2 is 2.33 bits per heavy atom. The van der Waals surface area contributed by atoms with Crippen LogP contribution in [0.2, 0.25) is 0 Å². The summed E-state index contributed by atoms with van der Waals surface area (Å²) in [4.78, 5) is 12.9. The number of nitrogens with one attached hydrogen (secondary N) is 1. The van der Waals surface area contributed by atoms with Crippen LogP contribution in [0.1, 0.15) is 33.1 Å². The van der Waals surface area contributed by atoms with Gasteiger partial charge in [0.1, 0.15) is 12.8 Å². The van der Waals surface area contributed by atoms with Gasteiger partial charge in [-0.05, 0) is 31.2 Å². The van der Waals surface area contributed by atoms with Crippen LogP contribution in [0.15, 0.2) is 0 Å². The largest absolute Gasteiger partial charge is 0.448 e. The summed E-state index contributed by atoms with van der Waals surface area (Å²) in [5, 5.41) is 3.31. The number of rotatable bonds is 5. The Balaban J connectivity index is 1.67. The fourth-order valence-corrected chi connectivity index (χ4v) is 2.88. The van der Waals surface area contributed by atoms with Crippen LogP contribution in [0.3, 0.4) is 0 Å². The SMILES string of the molecule is CC1(C)CCC(F)C1NCCCN1CCOC1=O. The van der Waals surface area contributed by atoms with E-state index >= 15 is 0 Å². The lowest BCUT2D eigenvalue weighted by atomic mass is 9.87. The average Bonchev–Trinajstić information content (AvgIpc) is 2.81. The van der Waals surface area contributed by atoms with Crippen LogP contribution < -0.4 is 5.32 Å². The minimum absolute atomic E-state index is 0.0337. The van der Waals surface area contributed by atoms with Crippen molar-refractivity contribution < 1.29 is 13.9 Å². The minimum Gasteiger partial charge on any atom is -0.448 e. The van der Waals surface area contributed by atoms with Gasteiger partial charge in [0.15, 0.2) is 0 Å². The molecule has 1 saturated heterocycles. The minimum atomic E-state index is -0.739. The number of hydrogen-bond acceptors (Lipinski definition) is 3. The normalized spacial score (nSPS) is 30.8. The molecule has 1 heterocycles. The standard InChI is InChI=1S/C13H23FN2O2/c1-13(2)5-4-10(14)11(13)15-6-3-7-16-8-9-18-12(16)17/h10-11,15H,3-9H2,1-2H3. The lowest BCUT2D eigenvalue weighted by Crippen LogP contribution is -2.44. The highest BCUT2D eigenvalue weighted by Crippen LogP contribution is 2.38. The molecule has 104 valence electrons. The molecule has 0 aromatic carbocycles. The van der Waals surface area contributed by atoms with Gasteiger partial charge in [-0.1, -0.05) is 13.8 Å². The third kappa shape index (κ3) is 2.94. The Hall–Kier alpha value is -0.840. The molecule has 0 aromatic heterocycles. The Kier molecular flexibility index (Phi) is 4.10. The van der Waals surface area contributed by atoms with E-state index < -0.39 is 6.17 Å². The number of cyclic esters (lactones) is 1. The van der Waals surface area contributed by atoms with E-state index in [0.29, 0.717) is 26.1 Å². The highest BCUT2D eigenvalue weighted by molar-refractivity contribution is 5.69. The Morgan fingerprint density at radius 3 is 2.89 bits per heavy atom. The van der Waals surface area contributed by atoms with Crippen LogP contribution in [0.25, 0.3) is 0 Å². The Labute approximate surface area is 108 Å². The van der Waals surface area contributed by atoms with Crippen LogP contribution in [-0.2, 0) is 4.74 Å². The molecule has 2 fully saturated rings. The lowest BCUT2D eigenvalue weighted by Gasteiger charge is -2.29. The molecule has 2 rings (SSSR count). The number of alkyl halides is 1. The quantitative estimate of drug-likeness (QED) is 0.766. The third-order valence-corrected chi connectivity index (χ3v) is 4.08. The van der Waals surface area contributed by atoms with Crippen molar-refractivity contribution in [3.8, 4) is 0 Å². The molecule has 0 radical (unpaired) electrons. The van der Waals surface area contributed by atoms with Crippen LogP contribution in [0, 0.1) is 5.41 Å². The number of amides is 1. The van der Waals surface area contributed by atoms with Crippen molar-refractivity contribution in [2.75, 3.05) is 26.2 Å². The summed E-state index contributed by atoms with van der Waals surface area (Å²) in [6.07, 6.45) is 1.47. The number of carbonyl (C=O) groups excluding carboxylic acids is 1. The van der Waals surface area contributed by atoms with Crippen molar-refractivity contribution in [3.05, 3.63) is 0 Å². The van der Waals surface area contributed by atoms with Crippen LogP contribution in [0.5, 0.6) is 0 Å². The van der Waals surface area contributed by atoms with Crippen LogP contribution in [-0.4, -0.2) is 49.4 Å². The summed E-state index contributed by atoms with van der Waals surface area (Å²) in [6, 6.07) is -0.0528. The number of carbonyl (C=O) groups is 1. The van der Waals surface area contributed by atoms with Gasteiger partial charge in [-0.15, -0.1) is 0 Å². The third-order valence-electron chi connectivity index (χ3n) is 4.08. The highest BCUT2D eigenvalue weighted by atomic mass is 19.1. The molecule has 4 nitrogen and oxygen atoms in total. The predicted molar refractivity (Wildman–Crippen MR) is 67.2 cm³/mol. The van der Waals surface area contributed by atoms with E-state index in [9.17, 15) is 9.18 Å². The molecule has 1 amide bonds. The number of nitrogens with zero attached hydrogens (tertiary/aromatic N) is 1. The van der Waals surface area contributed by atoms with E-state index in [0.717, 1.165) is 19.4 Å². The molecule has 18 heavy (non-hydrogen) atoms. The molecule has 2 unspecified atom stereocenters. The van der Waals surface area contributed by atoms with Gasteiger partial charge in [0.05, 0.1) is 6.54 Å². The van der Waals surface area contributed by atoms with Crippen molar-refractivity contribution in [3.63, 3.8) is 0 Å². The fourth-order valence-electron chi connectivity index (χ4n) is 2.88. The monoisotopic (exact) mass is 258 g/mol. The second kappa shape index (κ2) is 5.43. The van der Waals surface area contributed by atoms with Crippen molar-refractivity contribution >= 4 is 6.09 Å². The lowest BCUT2D eigenvalue weighted by molar-refractivity contribution is 0.157. The molecule has 1 aliphatic carbocycles. The molecular weight excluding hydrogens is 235 g/mol. The van der Waals surface area contributed by atoms with E-state index in [1.54, 1.807) is 4.90 Å². The first kappa shape index (κ1) is 13.6. The average molecular weight is 258 g/mol. The van der Waals surface area contributed by atoms with Crippen LogP contribution in [0.4, 0.5) is 9.18 Å². The van der Waals surface area contributed by atoms with Gasteiger partial charge in [0.2, 0.25) is 0 Å². The van der Waals surface area contributed by atoms with Gasteiger partial charge >= 0.3 is 6.09 Å². The van der Waals surface area contributed by atoms with Crippen molar-refractivity contribution in [1.29, 1.82) is 0 Å². The number of ether oxygens (including phenoxy) is 1. The van der Waals surface area contributed by atoms with Gasteiger partial charge in [-0.25, -0.2) is 9.18 Å². The number of hydrogen-bond donors (Lipinski definition) is 1.